The molecule has 150 valence electrons. The molecule has 1 rings (SSSR count). The maximum Gasteiger partial charge on any atom is 0.244 e. The van der Waals surface area contributed by atoms with Gasteiger partial charge in [-0.25, -0.2) is 10.9 Å². The Balaban J connectivity index is 2.68. The van der Waals surface area contributed by atoms with Crippen molar-refractivity contribution in [2.45, 2.75) is 77.2 Å². The van der Waals surface area contributed by atoms with Gasteiger partial charge in [-0.2, -0.15) is 0 Å². The molecule has 4 N–H and O–H groups in total. The first-order valence-corrected chi connectivity index (χ1v) is 9.76. The van der Waals surface area contributed by atoms with Gasteiger partial charge in [0.05, 0.1) is 0 Å². The number of unbranched alkanes of at least 4 members (excludes halogenated alkanes) is 5. The van der Waals surface area contributed by atoms with Crippen LogP contribution in [0.1, 0.15) is 71.1 Å². The summed E-state index contributed by atoms with van der Waals surface area (Å²) in [6, 6.07) is -0.564. The molecule has 8 heteroatoms. The lowest BCUT2D eigenvalue weighted by molar-refractivity contribution is -0.151. The van der Waals surface area contributed by atoms with E-state index in [1.807, 2.05) is 0 Å². The van der Waals surface area contributed by atoms with Crippen LogP contribution in [-0.2, 0) is 14.4 Å². The second kappa shape index (κ2) is 12.6. The van der Waals surface area contributed by atoms with Crippen LogP contribution >= 0.6 is 0 Å². The summed E-state index contributed by atoms with van der Waals surface area (Å²) in [7, 11) is 1.55. The molecule has 26 heavy (non-hydrogen) atoms. The molecule has 0 radical (unpaired) electrons. The van der Waals surface area contributed by atoms with Crippen LogP contribution < -0.4 is 16.2 Å². The summed E-state index contributed by atoms with van der Waals surface area (Å²) in [4.78, 5) is 36.7. The molecule has 1 aliphatic heterocycles. The van der Waals surface area contributed by atoms with Crippen molar-refractivity contribution >= 4 is 17.7 Å². The molecule has 1 heterocycles. The van der Waals surface area contributed by atoms with E-state index in [1.54, 1.807) is 12.5 Å². The van der Waals surface area contributed by atoms with Gasteiger partial charge in [-0.3, -0.25) is 24.6 Å². The molecule has 0 bridgehead atoms. The highest BCUT2D eigenvalue weighted by Crippen LogP contribution is 2.21. The lowest BCUT2D eigenvalue weighted by Crippen LogP contribution is -2.59. The van der Waals surface area contributed by atoms with Crippen molar-refractivity contribution in [2.24, 2.45) is 5.92 Å². The van der Waals surface area contributed by atoms with Gasteiger partial charge in [0.1, 0.15) is 6.04 Å². The third kappa shape index (κ3) is 7.29. The Hall–Kier alpha value is -1.67. The van der Waals surface area contributed by atoms with E-state index in [-0.39, 0.29) is 18.2 Å². The predicted octanol–water partition coefficient (Wildman–Crippen LogP) is 1.49. The zero-order valence-corrected chi connectivity index (χ0v) is 16.1. The highest BCUT2D eigenvalue weighted by molar-refractivity contribution is 5.90. The molecule has 0 aromatic heterocycles. The zero-order chi connectivity index (χ0) is 19.4. The van der Waals surface area contributed by atoms with Crippen LogP contribution in [0, 0.1) is 5.92 Å². The average molecular weight is 370 g/mol. The van der Waals surface area contributed by atoms with Gasteiger partial charge in [-0.05, 0) is 19.3 Å². The molecule has 0 unspecified atom stereocenters. The summed E-state index contributed by atoms with van der Waals surface area (Å²) in [6.07, 6.45) is 8.42. The van der Waals surface area contributed by atoms with Crippen molar-refractivity contribution in [3.05, 3.63) is 0 Å². The van der Waals surface area contributed by atoms with E-state index < -0.39 is 17.9 Å². The molecule has 0 spiro atoms. The van der Waals surface area contributed by atoms with Crippen LogP contribution in [0.2, 0.25) is 0 Å². The summed E-state index contributed by atoms with van der Waals surface area (Å²) in [5, 5.41) is 12.8. The molecular formula is C18H34N4O4. The molecule has 3 amide bonds. The van der Waals surface area contributed by atoms with Gasteiger partial charge >= 0.3 is 0 Å². The van der Waals surface area contributed by atoms with Crippen LogP contribution in [0.5, 0.6) is 0 Å². The van der Waals surface area contributed by atoms with Crippen molar-refractivity contribution in [2.75, 3.05) is 13.6 Å². The molecule has 0 aliphatic carbocycles. The van der Waals surface area contributed by atoms with Crippen LogP contribution in [0.25, 0.3) is 0 Å². The Morgan fingerprint density at radius 2 is 1.88 bits per heavy atom. The van der Waals surface area contributed by atoms with Gasteiger partial charge in [0.15, 0.2) is 0 Å². The standard InChI is InChI=1S/C18H34N4O4/c1-3-4-5-6-7-8-10-14(13-16(23)21-26)18(25)22-15(17(24)19-2)11-9-12-20-22/h14-15,20,26H,3-13H2,1-2H3,(H,19,24)(H,21,23)/t14-,15+/m1/s1. The Morgan fingerprint density at radius 1 is 1.19 bits per heavy atom. The first-order chi connectivity index (χ1) is 12.5. The number of nitrogens with one attached hydrogen (secondary N) is 3. The normalized spacial score (nSPS) is 18.3. The van der Waals surface area contributed by atoms with Crippen LogP contribution in [-0.4, -0.2) is 47.6 Å². The third-order valence-electron chi connectivity index (χ3n) is 4.85. The topological polar surface area (TPSA) is 111 Å². The Kier molecular flexibility index (Phi) is 10.9. The number of hydrogen-bond acceptors (Lipinski definition) is 5. The highest BCUT2D eigenvalue weighted by atomic mass is 16.5. The summed E-state index contributed by atoms with van der Waals surface area (Å²) in [5.74, 6) is -1.60. The summed E-state index contributed by atoms with van der Waals surface area (Å²) >= 11 is 0. The number of carbonyl (C=O) groups is 3. The highest BCUT2D eigenvalue weighted by Gasteiger charge is 2.35. The minimum absolute atomic E-state index is 0.0804. The van der Waals surface area contributed by atoms with Crippen LogP contribution in [0.3, 0.4) is 0 Å². The predicted molar refractivity (Wildman–Crippen MR) is 98.0 cm³/mol. The van der Waals surface area contributed by atoms with Crippen molar-refractivity contribution in [3.8, 4) is 0 Å². The monoisotopic (exact) mass is 370 g/mol. The zero-order valence-electron chi connectivity index (χ0n) is 16.1. The van der Waals surface area contributed by atoms with Crippen molar-refractivity contribution < 1.29 is 19.6 Å². The molecule has 2 atom stereocenters. The lowest BCUT2D eigenvalue weighted by Gasteiger charge is -2.37. The van der Waals surface area contributed by atoms with Crippen molar-refractivity contribution in [1.82, 2.24) is 21.2 Å². The van der Waals surface area contributed by atoms with E-state index in [2.05, 4.69) is 17.7 Å². The maximum absolute atomic E-state index is 13.0. The largest absolute Gasteiger partial charge is 0.357 e. The second-order valence-electron chi connectivity index (χ2n) is 6.88. The Morgan fingerprint density at radius 3 is 2.54 bits per heavy atom. The quantitative estimate of drug-likeness (QED) is 0.250. The number of nitrogens with zero attached hydrogens (tertiary/aromatic N) is 1. The molecule has 0 saturated carbocycles. The van der Waals surface area contributed by atoms with Crippen LogP contribution in [0.15, 0.2) is 0 Å². The number of hydrogen-bond donors (Lipinski definition) is 4. The van der Waals surface area contributed by atoms with Gasteiger partial charge < -0.3 is 5.32 Å². The fourth-order valence-corrected chi connectivity index (χ4v) is 3.33. The van der Waals surface area contributed by atoms with E-state index in [0.717, 1.165) is 25.7 Å². The van der Waals surface area contributed by atoms with Gasteiger partial charge in [-0.1, -0.05) is 45.4 Å². The first-order valence-electron chi connectivity index (χ1n) is 9.76. The summed E-state index contributed by atoms with van der Waals surface area (Å²) in [6.45, 7) is 2.78. The van der Waals surface area contributed by atoms with E-state index >= 15 is 0 Å². The molecule has 1 saturated heterocycles. The number of hydrazine groups is 1. The summed E-state index contributed by atoms with van der Waals surface area (Å²) in [5.41, 5.74) is 4.61. The van der Waals surface area contributed by atoms with E-state index in [0.29, 0.717) is 19.4 Å². The van der Waals surface area contributed by atoms with E-state index in [4.69, 9.17) is 5.21 Å². The van der Waals surface area contributed by atoms with Gasteiger partial charge in [0, 0.05) is 25.9 Å². The maximum atomic E-state index is 13.0. The molecule has 0 aromatic carbocycles. The van der Waals surface area contributed by atoms with Gasteiger partial charge in [0.2, 0.25) is 17.7 Å². The minimum atomic E-state index is -0.581. The van der Waals surface area contributed by atoms with Gasteiger partial charge in [0.25, 0.3) is 0 Å². The smallest absolute Gasteiger partial charge is 0.244 e. The van der Waals surface area contributed by atoms with Gasteiger partial charge in [-0.15, -0.1) is 0 Å². The second-order valence-corrected chi connectivity index (χ2v) is 6.88. The molecule has 8 nitrogen and oxygen atoms in total. The lowest BCUT2D eigenvalue weighted by atomic mass is 9.94. The minimum Gasteiger partial charge on any atom is -0.357 e. The number of likely N-dealkylation sites (N-methyl/N-ethyl adjacent to an activating group) is 1. The number of amides is 3. The Bertz CT molecular complexity index is 458. The van der Waals surface area contributed by atoms with E-state index in [1.165, 1.54) is 24.3 Å². The summed E-state index contributed by atoms with van der Waals surface area (Å²) < 4.78 is 0. The van der Waals surface area contributed by atoms with Crippen LogP contribution in [0.4, 0.5) is 0 Å². The number of carbonyl (C=O) groups excluding carboxylic acids is 3. The van der Waals surface area contributed by atoms with Crippen molar-refractivity contribution in [3.63, 3.8) is 0 Å². The first kappa shape index (κ1) is 22.4. The number of hydroxylamine groups is 1. The third-order valence-corrected chi connectivity index (χ3v) is 4.85. The average Bonchev–Trinajstić information content (AvgIpc) is 2.68. The van der Waals surface area contributed by atoms with Crippen molar-refractivity contribution in [1.29, 1.82) is 0 Å². The fraction of sp³-hybridized carbons (Fsp3) is 0.833. The SMILES string of the molecule is CCCCCCCC[C@H](CC(=O)NO)C(=O)N1NCCC[C@H]1C(=O)NC. The molecular weight excluding hydrogens is 336 g/mol. The molecule has 1 aliphatic rings. The number of rotatable bonds is 11. The van der Waals surface area contributed by atoms with E-state index in [9.17, 15) is 14.4 Å². The molecule has 1 fully saturated rings. The molecule has 0 aromatic rings. The fourth-order valence-electron chi connectivity index (χ4n) is 3.33. The Labute approximate surface area is 156 Å².